The lowest BCUT2D eigenvalue weighted by Gasteiger charge is -2.26. The number of nitrogen functional groups attached to an aromatic ring is 1. The molecule has 0 saturated heterocycles. The molecule has 0 unspecified atom stereocenters. The molecule has 1 saturated carbocycles. The number of nitrogens with one attached hydrogen (secondary N) is 1. The highest BCUT2D eigenvalue weighted by molar-refractivity contribution is 6.30. The molecule has 1 aliphatic rings. The van der Waals surface area contributed by atoms with E-state index in [0.717, 1.165) is 5.56 Å². The lowest BCUT2D eigenvalue weighted by molar-refractivity contribution is 0.418. The molecule has 0 spiro atoms. The van der Waals surface area contributed by atoms with Crippen LogP contribution < -0.4 is 11.3 Å². The first-order valence-corrected chi connectivity index (χ1v) is 4.69. The molecule has 1 aromatic rings. The molecule has 0 radical (unpaired) electrons. The molecule has 4 nitrogen and oxygen atoms in total. The van der Waals surface area contributed by atoms with Crippen LogP contribution in [-0.4, -0.2) is 10.2 Å². The Morgan fingerprint density at radius 2 is 2.23 bits per heavy atom. The average molecular weight is 199 g/mol. The first-order chi connectivity index (χ1) is 6.31. The highest BCUT2D eigenvalue weighted by Crippen LogP contribution is 2.39. The molecule has 13 heavy (non-hydrogen) atoms. The Hall–Kier alpha value is -0.870. The maximum absolute atomic E-state index is 5.92. The van der Waals surface area contributed by atoms with Crippen LogP contribution in [0, 0.1) is 0 Å². The number of nitrogens with two attached hydrogens (primary N) is 1. The van der Waals surface area contributed by atoms with Gasteiger partial charge in [0, 0.05) is 0 Å². The lowest BCUT2D eigenvalue weighted by atomic mass is 9.81. The number of anilines is 1. The molecule has 1 heterocycles. The van der Waals surface area contributed by atoms with Crippen molar-refractivity contribution in [1.82, 2.24) is 10.2 Å². The van der Waals surface area contributed by atoms with Gasteiger partial charge in [0.1, 0.15) is 0 Å². The SMILES string of the molecule is NNc1cc(C2CCC2)c(Cl)nn1. The minimum absolute atomic E-state index is 0.503. The summed E-state index contributed by atoms with van der Waals surface area (Å²) in [4.78, 5) is 0. The summed E-state index contributed by atoms with van der Waals surface area (Å²) < 4.78 is 0. The van der Waals surface area contributed by atoms with E-state index in [2.05, 4.69) is 15.6 Å². The van der Waals surface area contributed by atoms with Gasteiger partial charge in [0.15, 0.2) is 11.0 Å². The second kappa shape index (κ2) is 3.47. The number of aromatic nitrogens is 2. The zero-order valence-corrected chi connectivity index (χ0v) is 7.88. The molecule has 1 fully saturated rings. The topological polar surface area (TPSA) is 63.8 Å². The summed E-state index contributed by atoms with van der Waals surface area (Å²) in [6.45, 7) is 0. The lowest BCUT2D eigenvalue weighted by Crippen LogP contribution is -2.14. The smallest absolute Gasteiger partial charge is 0.163 e. The second-order valence-corrected chi connectivity index (χ2v) is 3.61. The zero-order valence-electron chi connectivity index (χ0n) is 7.13. The normalized spacial score (nSPS) is 16.8. The Labute approximate surface area is 81.5 Å². The molecule has 0 aliphatic heterocycles. The Bertz CT molecular complexity index is 311. The van der Waals surface area contributed by atoms with E-state index >= 15 is 0 Å². The Morgan fingerprint density at radius 3 is 2.77 bits per heavy atom. The van der Waals surface area contributed by atoms with Crippen LogP contribution in [0.4, 0.5) is 5.82 Å². The van der Waals surface area contributed by atoms with Crippen LogP contribution in [0.3, 0.4) is 0 Å². The molecular formula is C8H11ClN4. The van der Waals surface area contributed by atoms with E-state index in [1.165, 1.54) is 19.3 Å². The molecule has 5 heteroatoms. The maximum atomic E-state index is 5.92. The molecule has 0 amide bonds. The number of nitrogens with zero attached hydrogens (tertiary/aromatic N) is 2. The van der Waals surface area contributed by atoms with Gasteiger partial charge >= 0.3 is 0 Å². The molecule has 3 N–H and O–H groups in total. The van der Waals surface area contributed by atoms with Gasteiger partial charge in [-0.2, -0.15) is 0 Å². The third-order valence-electron chi connectivity index (χ3n) is 2.47. The van der Waals surface area contributed by atoms with Crippen molar-refractivity contribution in [3.8, 4) is 0 Å². The van der Waals surface area contributed by atoms with Crippen molar-refractivity contribution in [2.45, 2.75) is 25.2 Å². The third kappa shape index (κ3) is 1.59. The number of hydrazine groups is 1. The molecule has 2 rings (SSSR count). The van der Waals surface area contributed by atoms with Crippen LogP contribution in [0.15, 0.2) is 6.07 Å². The Morgan fingerprint density at radius 1 is 1.46 bits per heavy atom. The van der Waals surface area contributed by atoms with E-state index in [1.54, 1.807) is 0 Å². The first kappa shape index (κ1) is 8.72. The van der Waals surface area contributed by atoms with Crippen molar-refractivity contribution in [2.24, 2.45) is 5.84 Å². The highest BCUT2D eigenvalue weighted by Gasteiger charge is 2.23. The highest BCUT2D eigenvalue weighted by atomic mass is 35.5. The van der Waals surface area contributed by atoms with Gasteiger partial charge in [-0.3, -0.25) is 0 Å². The Kier molecular flexibility index (Phi) is 2.33. The maximum Gasteiger partial charge on any atom is 0.163 e. The van der Waals surface area contributed by atoms with E-state index < -0.39 is 0 Å². The number of halogens is 1. The second-order valence-electron chi connectivity index (χ2n) is 3.25. The minimum atomic E-state index is 0.503. The van der Waals surface area contributed by atoms with E-state index in [9.17, 15) is 0 Å². The number of hydrogen-bond donors (Lipinski definition) is 2. The van der Waals surface area contributed by atoms with Crippen LogP contribution in [0.5, 0.6) is 0 Å². The van der Waals surface area contributed by atoms with Gasteiger partial charge in [-0.25, -0.2) is 5.84 Å². The summed E-state index contributed by atoms with van der Waals surface area (Å²) >= 11 is 5.92. The van der Waals surface area contributed by atoms with Gasteiger partial charge in [-0.05, 0) is 30.4 Å². The Balaban J connectivity index is 2.30. The summed E-state index contributed by atoms with van der Waals surface area (Å²) in [6, 6.07) is 1.87. The summed E-state index contributed by atoms with van der Waals surface area (Å²) in [5.74, 6) is 6.36. The van der Waals surface area contributed by atoms with Crippen LogP contribution >= 0.6 is 11.6 Å². The molecule has 0 atom stereocenters. The third-order valence-corrected chi connectivity index (χ3v) is 2.76. The molecule has 1 aliphatic carbocycles. The summed E-state index contributed by atoms with van der Waals surface area (Å²) in [6.07, 6.45) is 3.65. The molecule has 0 bridgehead atoms. The minimum Gasteiger partial charge on any atom is -0.307 e. The molecule has 70 valence electrons. The van der Waals surface area contributed by atoms with E-state index in [4.69, 9.17) is 17.4 Å². The summed E-state index contributed by atoms with van der Waals surface area (Å²) in [5.41, 5.74) is 3.53. The van der Waals surface area contributed by atoms with Crippen LogP contribution in [0.25, 0.3) is 0 Å². The van der Waals surface area contributed by atoms with Crippen LogP contribution in [0.2, 0.25) is 5.15 Å². The fourth-order valence-electron chi connectivity index (χ4n) is 1.47. The predicted molar refractivity (Wildman–Crippen MR) is 51.4 cm³/mol. The number of rotatable bonds is 2. The van der Waals surface area contributed by atoms with Crippen LogP contribution in [0.1, 0.15) is 30.7 Å². The zero-order chi connectivity index (χ0) is 9.26. The van der Waals surface area contributed by atoms with Crippen molar-refractivity contribution in [1.29, 1.82) is 0 Å². The van der Waals surface area contributed by atoms with Gasteiger partial charge in [0.2, 0.25) is 0 Å². The average Bonchev–Trinajstić information content (AvgIpc) is 2.06. The first-order valence-electron chi connectivity index (χ1n) is 4.31. The van der Waals surface area contributed by atoms with E-state index in [0.29, 0.717) is 16.9 Å². The summed E-state index contributed by atoms with van der Waals surface area (Å²) in [5, 5.41) is 8.11. The van der Waals surface area contributed by atoms with Crippen molar-refractivity contribution < 1.29 is 0 Å². The van der Waals surface area contributed by atoms with Crippen LogP contribution in [-0.2, 0) is 0 Å². The van der Waals surface area contributed by atoms with Crippen molar-refractivity contribution in [3.05, 3.63) is 16.8 Å². The van der Waals surface area contributed by atoms with Gasteiger partial charge < -0.3 is 5.43 Å². The van der Waals surface area contributed by atoms with Gasteiger partial charge in [-0.1, -0.05) is 18.0 Å². The van der Waals surface area contributed by atoms with E-state index in [1.807, 2.05) is 6.07 Å². The monoisotopic (exact) mass is 198 g/mol. The fraction of sp³-hybridized carbons (Fsp3) is 0.500. The fourth-order valence-corrected chi connectivity index (χ4v) is 1.71. The van der Waals surface area contributed by atoms with Gasteiger partial charge in [0.25, 0.3) is 0 Å². The molecule has 0 aromatic carbocycles. The van der Waals surface area contributed by atoms with Gasteiger partial charge in [-0.15, -0.1) is 10.2 Å². The predicted octanol–water partition coefficient (Wildman–Crippen LogP) is 1.68. The molecular weight excluding hydrogens is 188 g/mol. The molecule has 1 aromatic heterocycles. The number of hydrogen-bond acceptors (Lipinski definition) is 4. The van der Waals surface area contributed by atoms with Crippen molar-refractivity contribution in [3.63, 3.8) is 0 Å². The van der Waals surface area contributed by atoms with Crippen molar-refractivity contribution in [2.75, 3.05) is 5.43 Å². The summed E-state index contributed by atoms with van der Waals surface area (Å²) in [7, 11) is 0. The van der Waals surface area contributed by atoms with E-state index in [-0.39, 0.29) is 0 Å². The van der Waals surface area contributed by atoms with Gasteiger partial charge in [0.05, 0.1) is 0 Å². The van der Waals surface area contributed by atoms with Crippen molar-refractivity contribution >= 4 is 17.4 Å². The standard InChI is InChI=1S/C8H11ClN4/c9-8-6(5-2-1-3-5)4-7(11-10)12-13-8/h4-5H,1-3,10H2,(H,11,12). The quantitative estimate of drug-likeness (QED) is 0.561. The largest absolute Gasteiger partial charge is 0.307 e.